The van der Waals surface area contributed by atoms with E-state index in [1.165, 1.54) is 18.4 Å². The first-order chi connectivity index (χ1) is 9.33. The van der Waals surface area contributed by atoms with Crippen LogP contribution >= 0.6 is 0 Å². The zero-order chi connectivity index (χ0) is 13.5. The molecule has 2 rings (SSSR count). The number of nitrogens with one attached hydrogen (secondary N) is 1. The molecule has 0 bridgehead atoms. The van der Waals surface area contributed by atoms with Crippen LogP contribution < -0.4 is 10.1 Å². The van der Waals surface area contributed by atoms with Gasteiger partial charge in [0.25, 0.3) is 0 Å². The lowest BCUT2D eigenvalue weighted by atomic mass is 10.0. The molecule has 0 amide bonds. The number of benzene rings is 1. The Morgan fingerprint density at radius 2 is 2.16 bits per heavy atom. The number of ether oxygens (including phenoxy) is 2. The van der Waals surface area contributed by atoms with E-state index >= 15 is 0 Å². The standard InChI is InChI=1S/C16H25NO2/c1-3-16(13-6-8-14(18-2)9-7-13)17-11-10-15-5-4-12-19-15/h6-9,15-17H,3-5,10-12H2,1-2H3. The summed E-state index contributed by atoms with van der Waals surface area (Å²) in [6.45, 7) is 4.18. The smallest absolute Gasteiger partial charge is 0.118 e. The van der Waals surface area contributed by atoms with Gasteiger partial charge in [-0.3, -0.25) is 0 Å². The van der Waals surface area contributed by atoms with E-state index in [9.17, 15) is 0 Å². The minimum absolute atomic E-state index is 0.423. The molecule has 0 aliphatic carbocycles. The SMILES string of the molecule is CCC(NCCC1CCCO1)c1ccc(OC)cc1. The average Bonchev–Trinajstić information content (AvgIpc) is 2.97. The Bertz CT molecular complexity index is 358. The molecular formula is C16H25NO2. The van der Waals surface area contributed by atoms with Crippen molar-refractivity contribution in [2.45, 2.75) is 44.8 Å². The molecule has 0 radical (unpaired) electrons. The molecule has 1 heterocycles. The van der Waals surface area contributed by atoms with Gasteiger partial charge in [-0.1, -0.05) is 19.1 Å². The summed E-state index contributed by atoms with van der Waals surface area (Å²) in [5.74, 6) is 0.915. The van der Waals surface area contributed by atoms with Crippen LogP contribution in [-0.4, -0.2) is 26.4 Å². The van der Waals surface area contributed by atoms with Crippen LogP contribution in [0.25, 0.3) is 0 Å². The quantitative estimate of drug-likeness (QED) is 0.818. The summed E-state index contributed by atoms with van der Waals surface area (Å²) in [6.07, 6.45) is 5.13. The fraction of sp³-hybridized carbons (Fsp3) is 0.625. The molecule has 1 aromatic rings. The summed E-state index contributed by atoms with van der Waals surface area (Å²) < 4.78 is 10.8. The molecule has 1 aliphatic rings. The first kappa shape index (κ1) is 14.4. The van der Waals surface area contributed by atoms with Crippen molar-refractivity contribution in [2.24, 2.45) is 0 Å². The molecule has 0 saturated carbocycles. The van der Waals surface area contributed by atoms with E-state index in [-0.39, 0.29) is 0 Å². The Hall–Kier alpha value is -1.06. The molecule has 1 fully saturated rings. The second kappa shape index (κ2) is 7.51. The van der Waals surface area contributed by atoms with Crippen LogP contribution in [0.15, 0.2) is 24.3 Å². The van der Waals surface area contributed by atoms with Crippen molar-refractivity contribution in [2.75, 3.05) is 20.3 Å². The minimum Gasteiger partial charge on any atom is -0.497 e. The highest BCUT2D eigenvalue weighted by Crippen LogP contribution is 2.21. The van der Waals surface area contributed by atoms with Crippen LogP contribution in [0.1, 0.15) is 44.2 Å². The van der Waals surface area contributed by atoms with Crippen molar-refractivity contribution < 1.29 is 9.47 Å². The Kier molecular flexibility index (Phi) is 5.67. The monoisotopic (exact) mass is 263 g/mol. The van der Waals surface area contributed by atoms with Gasteiger partial charge >= 0.3 is 0 Å². The van der Waals surface area contributed by atoms with E-state index in [0.717, 1.165) is 31.7 Å². The maximum atomic E-state index is 5.65. The second-order valence-corrected chi connectivity index (χ2v) is 5.11. The zero-order valence-corrected chi connectivity index (χ0v) is 12.0. The fourth-order valence-corrected chi connectivity index (χ4v) is 2.62. The lowest BCUT2D eigenvalue weighted by molar-refractivity contribution is 0.103. The third-order valence-corrected chi connectivity index (χ3v) is 3.81. The van der Waals surface area contributed by atoms with Gasteiger partial charge in [0.2, 0.25) is 0 Å². The molecular weight excluding hydrogens is 238 g/mol. The van der Waals surface area contributed by atoms with Gasteiger partial charge in [0.15, 0.2) is 0 Å². The van der Waals surface area contributed by atoms with Crippen LogP contribution in [0, 0.1) is 0 Å². The second-order valence-electron chi connectivity index (χ2n) is 5.11. The number of methoxy groups -OCH3 is 1. The van der Waals surface area contributed by atoms with Gasteiger partial charge in [-0.25, -0.2) is 0 Å². The van der Waals surface area contributed by atoms with Gasteiger partial charge in [0.1, 0.15) is 5.75 Å². The van der Waals surface area contributed by atoms with Crippen molar-refractivity contribution >= 4 is 0 Å². The van der Waals surface area contributed by atoms with E-state index < -0.39 is 0 Å². The van der Waals surface area contributed by atoms with E-state index in [0.29, 0.717) is 12.1 Å². The summed E-state index contributed by atoms with van der Waals surface area (Å²) in [5, 5.41) is 3.63. The molecule has 0 aromatic heterocycles. The molecule has 1 N–H and O–H groups in total. The molecule has 1 saturated heterocycles. The van der Waals surface area contributed by atoms with E-state index in [1.807, 2.05) is 12.1 Å². The molecule has 1 aliphatic heterocycles. The highest BCUT2D eigenvalue weighted by Gasteiger charge is 2.16. The molecule has 0 spiro atoms. The third kappa shape index (κ3) is 4.22. The Labute approximate surface area is 116 Å². The maximum Gasteiger partial charge on any atom is 0.118 e. The largest absolute Gasteiger partial charge is 0.497 e. The first-order valence-electron chi connectivity index (χ1n) is 7.32. The highest BCUT2D eigenvalue weighted by molar-refractivity contribution is 5.29. The van der Waals surface area contributed by atoms with E-state index in [2.05, 4.69) is 24.4 Å². The molecule has 2 atom stereocenters. The van der Waals surface area contributed by atoms with Crippen molar-refractivity contribution in [3.05, 3.63) is 29.8 Å². The molecule has 3 nitrogen and oxygen atoms in total. The van der Waals surface area contributed by atoms with Gasteiger partial charge in [-0.2, -0.15) is 0 Å². The van der Waals surface area contributed by atoms with E-state index in [4.69, 9.17) is 9.47 Å². The molecule has 106 valence electrons. The van der Waals surface area contributed by atoms with Crippen molar-refractivity contribution in [3.8, 4) is 5.75 Å². The van der Waals surface area contributed by atoms with Crippen molar-refractivity contribution in [1.82, 2.24) is 5.32 Å². The number of rotatable bonds is 7. The van der Waals surface area contributed by atoms with Crippen LogP contribution in [0.5, 0.6) is 5.75 Å². The topological polar surface area (TPSA) is 30.5 Å². The highest BCUT2D eigenvalue weighted by atomic mass is 16.5. The summed E-state index contributed by atoms with van der Waals surface area (Å²) in [4.78, 5) is 0. The first-order valence-corrected chi connectivity index (χ1v) is 7.32. The van der Waals surface area contributed by atoms with Gasteiger partial charge in [0, 0.05) is 12.6 Å². The lowest BCUT2D eigenvalue weighted by Gasteiger charge is -2.19. The van der Waals surface area contributed by atoms with Gasteiger partial charge in [-0.15, -0.1) is 0 Å². The normalized spacial score (nSPS) is 20.4. The number of hydrogen-bond acceptors (Lipinski definition) is 3. The lowest BCUT2D eigenvalue weighted by Crippen LogP contribution is -2.24. The van der Waals surface area contributed by atoms with Crippen LogP contribution in [0.3, 0.4) is 0 Å². The number of hydrogen-bond donors (Lipinski definition) is 1. The van der Waals surface area contributed by atoms with Gasteiger partial charge < -0.3 is 14.8 Å². The summed E-state index contributed by atoms with van der Waals surface area (Å²) >= 11 is 0. The molecule has 3 heteroatoms. The predicted molar refractivity (Wildman–Crippen MR) is 77.6 cm³/mol. The molecule has 19 heavy (non-hydrogen) atoms. The summed E-state index contributed by atoms with van der Waals surface area (Å²) in [5.41, 5.74) is 1.33. The molecule has 1 aromatic carbocycles. The van der Waals surface area contributed by atoms with Crippen molar-refractivity contribution in [3.63, 3.8) is 0 Å². The summed E-state index contributed by atoms with van der Waals surface area (Å²) in [7, 11) is 1.70. The van der Waals surface area contributed by atoms with Crippen LogP contribution in [-0.2, 0) is 4.74 Å². The van der Waals surface area contributed by atoms with Crippen LogP contribution in [0.4, 0.5) is 0 Å². The van der Waals surface area contributed by atoms with Crippen molar-refractivity contribution in [1.29, 1.82) is 0 Å². The Morgan fingerprint density at radius 3 is 2.74 bits per heavy atom. The van der Waals surface area contributed by atoms with Gasteiger partial charge in [0.05, 0.1) is 13.2 Å². The van der Waals surface area contributed by atoms with Crippen LogP contribution in [0.2, 0.25) is 0 Å². The maximum absolute atomic E-state index is 5.65. The average molecular weight is 263 g/mol. The third-order valence-electron chi connectivity index (χ3n) is 3.81. The predicted octanol–water partition coefficient (Wildman–Crippen LogP) is 3.31. The van der Waals surface area contributed by atoms with Gasteiger partial charge in [-0.05, 0) is 49.9 Å². The fourth-order valence-electron chi connectivity index (χ4n) is 2.62. The zero-order valence-electron chi connectivity index (χ0n) is 12.0. The molecule has 2 unspecified atom stereocenters. The summed E-state index contributed by atoms with van der Waals surface area (Å²) in [6, 6.07) is 8.77. The minimum atomic E-state index is 0.423. The van der Waals surface area contributed by atoms with E-state index in [1.54, 1.807) is 7.11 Å². The Morgan fingerprint density at radius 1 is 1.37 bits per heavy atom. The Balaban J connectivity index is 1.80.